The molecule has 0 spiro atoms. The lowest BCUT2D eigenvalue weighted by Gasteiger charge is -2.40. The van der Waals surface area contributed by atoms with E-state index in [1.54, 1.807) is 4.90 Å². The number of nitrogens with zero attached hydrogens (tertiary/aromatic N) is 3. The lowest BCUT2D eigenvalue weighted by molar-refractivity contribution is 0.198. The number of amidine groups is 1. The zero-order valence-electron chi connectivity index (χ0n) is 12.2. The number of halogens is 2. The molecule has 0 radical (unpaired) electrons. The Bertz CT molecular complexity index is 527. The van der Waals surface area contributed by atoms with Gasteiger partial charge in [0.05, 0.1) is 0 Å². The van der Waals surface area contributed by atoms with E-state index in [0.29, 0.717) is 13.1 Å². The van der Waals surface area contributed by atoms with Gasteiger partial charge in [-0.05, 0) is 25.6 Å². The Kier molecular flexibility index (Phi) is 4.62. The van der Waals surface area contributed by atoms with Crippen LogP contribution in [0.4, 0.5) is 14.5 Å². The normalized spacial score (nSPS) is 20.9. The highest BCUT2D eigenvalue weighted by atomic mass is 19.1. The number of nitrogens with two attached hydrogens (primary N) is 1. The van der Waals surface area contributed by atoms with E-state index in [2.05, 4.69) is 17.0 Å². The SMILES string of the molecule is CCN1CCN(c2c(F)cc(C(N)=NO)cc2F)CC1C. The van der Waals surface area contributed by atoms with Gasteiger partial charge in [0, 0.05) is 31.2 Å². The second kappa shape index (κ2) is 6.26. The molecule has 1 heterocycles. The molecule has 0 bridgehead atoms. The van der Waals surface area contributed by atoms with Gasteiger partial charge >= 0.3 is 0 Å². The van der Waals surface area contributed by atoms with E-state index >= 15 is 0 Å². The average Bonchev–Trinajstić information content (AvgIpc) is 2.45. The highest BCUT2D eigenvalue weighted by Gasteiger charge is 2.26. The van der Waals surface area contributed by atoms with Crippen molar-refractivity contribution in [2.24, 2.45) is 10.9 Å². The number of piperazine rings is 1. The summed E-state index contributed by atoms with van der Waals surface area (Å²) < 4.78 is 28.4. The van der Waals surface area contributed by atoms with Gasteiger partial charge in [-0.1, -0.05) is 12.1 Å². The highest BCUT2D eigenvalue weighted by molar-refractivity contribution is 5.97. The fourth-order valence-electron chi connectivity index (χ4n) is 2.74. The minimum absolute atomic E-state index is 0.0245. The molecule has 1 saturated heterocycles. The molecule has 5 nitrogen and oxygen atoms in total. The van der Waals surface area contributed by atoms with Crippen LogP contribution in [0.5, 0.6) is 0 Å². The Hall–Kier alpha value is -1.89. The van der Waals surface area contributed by atoms with Crippen LogP contribution in [0.25, 0.3) is 0 Å². The Morgan fingerprint density at radius 2 is 2.00 bits per heavy atom. The topological polar surface area (TPSA) is 65.1 Å². The third kappa shape index (κ3) is 3.07. The van der Waals surface area contributed by atoms with E-state index in [1.807, 2.05) is 6.92 Å². The molecule has 1 aromatic carbocycles. The van der Waals surface area contributed by atoms with E-state index in [4.69, 9.17) is 10.9 Å². The summed E-state index contributed by atoms with van der Waals surface area (Å²) in [4.78, 5) is 3.97. The summed E-state index contributed by atoms with van der Waals surface area (Å²) in [6, 6.07) is 2.40. The molecule has 1 aliphatic rings. The fourth-order valence-corrected chi connectivity index (χ4v) is 2.74. The number of rotatable bonds is 3. The van der Waals surface area contributed by atoms with Crippen LogP contribution in [0, 0.1) is 11.6 Å². The molecule has 0 aliphatic carbocycles. The summed E-state index contributed by atoms with van der Waals surface area (Å²) in [5, 5.41) is 11.3. The van der Waals surface area contributed by atoms with Gasteiger partial charge in [-0.15, -0.1) is 0 Å². The van der Waals surface area contributed by atoms with Crippen molar-refractivity contribution in [2.45, 2.75) is 19.9 Å². The minimum atomic E-state index is -0.700. The number of likely N-dealkylation sites (N-methyl/N-ethyl adjacent to an activating group) is 1. The Morgan fingerprint density at radius 3 is 2.48 bits per heavy atom. The highest BCUT2D eigenvalue weighted by Crippen LogP contribution is 2.27. The van der Waals surface area contributed by atoms with Crippen LogP contribution in [-0.4, -0.2) is 48.2 Å². The summed E-state index contributed by atoms with van der Waals surface area (Å²) in [6.07, 6.45) is 0. The fraction of sp³-hybridized carbons (Fsp3) is 0.500. The molecule has 1 fully saturated rings. The summed E-state index contributed by atoms with van der Waals surface area (Å²) in [5.74, 6) is -1.72. The molecule has 7 heteroatoms. The molecule has 3 N–H and O–H groups in total. The maximum atomic E-state index is 14.2. The van der Waals surface area contributed by atoms with E-state index in [-0.39, 0.29) is 23.1 Å². The second-order valence-electron chi connectivity index (χ2n) is 5.20. The summed E-state index contributed by atoms with van der Waals surface area (Å²) in [7, 11) is 0. The van der Waals surface area contributed by atoms with Gasteiger partial charge in [-0.25, -0.2) is 8.78 Å². The monoisotopic (exact) mass is 298 g/mol. The number of oxime groups is 1. The van der Waals surface area contributed by atoms with E-state index in [9.17, 15) is 8.78 Å². The summed E-state index contributed by atoms with van der Waals surface area (Å²) >= 11 is 0. The lowest BCUT2D eigenvalue weighted by Crippen LogP contribution is -2.52. The van der Waals surface area contributed by atoms with Gasteiger partial charge in [0.1, 0.15) is 17.3 Å². The molecule has 1 atom stereocenters. The van der Waals surface area contributed by atoms with E-state index in [0.717, 1.165) is 25.2 Å². The smallest absolute Gasteiger partial charge is 0.170 e. The molecular weight excluding hydrogens is 278 g/mol. The zero-order valence-corrected chi connectivity index (χ0v) is 12.2. The molecule has 0 amide bonds. The van der Waals surface area contributed by atoms with Gasteiger partial charge in [0.15, 0.2) is 5.84 Å². The Labute approximate surface area is 122 Å². The first-order valence-electron chi connectivity index (χ1n) is 6.93. The zero-order chi connectivity index (χ0) is 15.6. The van der Waals surface area contributed by atoms with Gasteiger partial charge in [0.25, 0.3) is 0 Å². The third-order valence-electron chi connectivity index (χ3n) is 3.91. The molecule has 116 valence electrons. The van der Waals surface area contributed by atoms with Gasteiger partial charge in [-0.3, -0.25) is 4.90 Å². The predicted molar refractivity (Wildman–Crippen MR) is 77.8 cm³/mol. The quantitative estimate of drug-likeness (QED) is 0.385. The second-order valence-corrected chi connectivity index (χ2v) is 5.20. The molecular formula is C14H20F2N4O. The van der Waals surface area contributed by atoms with Crippen LogP contribution in [0.15, 0.2) is 17.3 Å². The van der Waals surface area contributed by atoms with Crippen LogP contribution in [0.2, 0.25) is 0 Å². The first kappa shape index (κ1) is 15.5. The van der Waals surface area contributed by atoms with Crippen LogP contribution >= 0.6 is 0 Å². The van der Waals surface area contributed by atoms with Crippen molar-refractivity contribution >= 4 is 11.5 Å². The number of hydrogen-bond donors (Lipinski definition) is 2. The standard InChI is InChI=1S/C14H20F2N4O/c1-3-19-4-5-20(8-9(19)2)13-11(15)6-10(7-12(13)16)14(17)18-21/h6-7,9,21H,3-5,8H2,1-2H3,(H2,17,18). The maximum Gasteiger partial charge on any atom is 0.170 e. The number of hydrogen-bond acceptors (Lipinski definition) is 4. The van der Waals surface area contributed by atoms with Gasteiger partial charge in [-0.2, -0.15) is 0 Å². The van der Waals surface area contributed by atoms with Crippen molar-refractivity contribution in [1.82, 2.24) is 4.90 Å². The molecule has 21 heavy (non-hydrogen) atoms. The van der Waals surface area contributed by atoms with Gasteiger partial charge < -0.3 is 15.8 Å². The first-order valence-corrected chi connectivity index (χ1v) is 6.93. The van der Waals surface area contributed by atoms with E-state index < -0.39 is 11.6 Å². The first-order chi connectivity index (χ1) is 9.97. The van der Waals surface area contributed by atoms with Crippen molar-refractivity contribution in [3.8, 4) is 0 Å². The van der Waals surface area contributed by atoms with Crippen LogP contribution in [0.1, 0.15) is 19.4 Å². The van der Waals surface area contributed by atoms with Crippen molar-refractivity contribution in [3.05, 3.63) is 29.3 Å². The number of benzene rings is 1. The van der Waals surface area contributed by atoms with Crippen LogP contribution in [-0.2, 0) is 0 Å². The van der Waals surface area contributed by atoms with Crippen molar-refractivity contribution in [2.75, 3.05) is 31.1 Å². The summed E-state index contributed by atoms with van der Waals surface area (Å²) in [5.41, 5.74) is 5.34. The van der Waals surface area contributed by atoms with Crippen molar-refractivity contribution < 1.29 is 14.0 Å². The van der Waals surface area contributed by atoms with Crippen molar-refractivity contribution in [1.29, 1.82) is 0 Å². The third-order valence-corrected chi connectivity index (χ3v) is 3.91. The predicted octanol–water partition coefficient (Wildman–Crippen LogP) is 1.59. The Morgan fingerprint density at radius 1 is 1.38 bits per heavy atom. The van der Waals surface area contributed by atoms with Crippen LogP contribution < -0.4 is 10.6 Å². The lowest BCUT2D eigenvalue weighted by atomic mass is 10.1. The van der Waals surface area contributed by atoms with Crippen molar-refractivity contribution in [3.63, 3.8) is 0 Å². The van der Waals surface area contributed by atoms with E-state index in [1.165, 1.54) is 0 Å². The molecule has 0 saturated carbocycles. The Balaban J connectivity index is 2.29. The molecule has 2 rings (SSSR count). The molecule has 1 unspecified atom stereocenters. The molecule has 1 aliphatic heterocycles. The summed E-state index contributed by atoms with van der Waals surface area (Å²) in [6.45, 7) is 6.91. The van der Waals surface area contributed by atoms with Crippen LogP contribution in [0.3, 0.4) is 0 Å². The molecule has 0 aromatic heterocycles. The largest absolute Gasteiger partial charge is 0.409 e. The number of anilines is 1. The molecule has 1 aromatic rings. The van der Waals surface area contributed by atoms with Gasteiger partial charge in [0.2, 0.25) is 0 Å². The minimum Gasteiger partial charge on any atom is -0.409 e. The maximum absolute atomic E-state index is 14.2. The average molecular weight is 298 g/mol.